The van der Waals surface area contributed by atoms with E-state index in [1.165, 1.54) is 36.0 Å². The second-order valence-electron chi connectivity index (χ2n) is 8.04. The summed E-state index contributed by atoms with van der Waals surface area (Å²) in [5.74, 6) is -0.240. The molecule has 2 heterocycles. The van der Waals surface area contributed by atoms with E-state index in [-0.39, 0.29) is 22.4 Å². The van der Waals surface area contributed by atoms with Crippen LogP contribution in [0.2, 0.25) is 0 Å². The molecule has 0 saturated heterocycles. The van der Waals surface area contributed by atoms with Gasteiger partial charge >= 0.3 is 0 Å². The van der Waals surface area contributed by atoms with Crippen molar-refractivity contribution in [2.24, 2.45) is 0 Å². The van der Waals surface area contributed by atoms with Crippen molar-refractivity contribution in [3.05, 3.63) is 106 Å². The normalized spacial score (nSPS) is 11.7. The molecular weight excluding hydrogens is 470 g/mol. The second kappa shape index (κ2) is 9.97. The Morgan fingerprint density at radius 3 is 2.17 bits per heavy atom. The van der Waals surface area contributed by atoms with Crippen LogP contribution in [0.15, 0.2) is 82.7 Å². The highest BCUT2D eigenvalue weighted by atomic mass is 32.2. The fourth-order valence-electron chi connectivity index (χ4n) is 4.09. The van der Waals surface area contributed by atoms with Gasteiger partial charge in [0, 0.05) is 20.3 Å². The number of hydrogen-bond acceptors (Lipinski definition) is 5. The summed E-state index contributed by atoms with van der Waals surface area (Å²) in [7, 11) is 1.62. The topological polar surface area (TPSA) is 61.4 Å². The van der Waals surface area contributed by atoms with Gasteiger partial charge in [-0.1, -0.05) is 48.2 Å². The number of thioether (sulfide) groups is 1. The first kappa shape index (κ1) is 23.2. The van der Waals surface area contributed by atoms with Gasteiger partial charge in [-0.15, -0.1) is 10.2 Å². The largest absolute Gasteiger partial charge is 0.385 e. The summed E-state index contributed by atoms with van der Waals surface area (Å²) in [5.41, 5.74) is 2.22. The molecule has 5 aromatic rings. The fraction of sp³-hybridized carbons (Fsp3) is 0.192. The number of nitrogens with zero attached hydrogens (tertiary/aromatic N) is 4. The Hall–Kier alpha value is -3.56. The predicted octanol–water partition coefficient (Wildman–Crippen LogP) is 5.24. The van der Waals surface area contributed by atoms with Gasteiger partial charge in [0.2, 0.25) is 5.78 Å². The number of methoxy groups -OCH3 is 1. The number of halogens is 2. The molecule has 0 atom stereocenters. The lowest BCUT2D eigenvalue weighted by Gasteiger charge is -2.17. The monoisotopic (exact) mass is 492 g/mol. The minimum absolute atomic E-state index is 0.137. The van der Waals surface area contributed by atoms with Crippen LogP contribution in [-0.4, -0.2) is 32.9 Å². The zero-order valence-electron chi connectivity index (χ0n) is 18.9. The minimum atomic E-state index is -0.337. The minimum Gasteiger partial charge on any atom is -0.385 e. The maximum atomic E-state index is 13.7. The van der Waals surface area contributed by atoms with Crippen molar-refractivity contribution in [2.75, 3.05) is 13.7 Å². The van der Waals surface area contributed by atoms with Gasteiger partial charge in [-0.05, 0) is 53.9 Å². The fourth-order valence-corrected chi connectivity index (χ4v) is 5.26. The number of benzene rings is 3. The third kappa shape index (κ3) is 4.56. The van der Waals surface area contributed by atoms with Crippen LogP contribution in [-0.2, 0) is 11.3 Å². The van der Waals surface area contributed by atoms with Crippen molar-refractivity contribution < 1.29 is 13.5 Å². The van der Waals surface area contributed by atoms with E-state index in [4.69, 9.17) is 4.74 Å². The van der Waals surface area contributed by atoms with Crippen molar-refractivity contribution in [1.82, 2.24) is 19.2 Å². The Morgan fingerprint density at radius 2 is 1.54 bits per heavy atom. The number of rotatable bonds is 8. The number of fused-ring (bicyclic) bond motifs is 3. The molecule has 2 aromatic heterocycles. The van der Waals surface area contributed by atoms with Gasteiger partial charge in [-0.2, -0.15) is 0 Å². The van der Waals surface area contributed by atoms with E-state index < -0.39 is 0 Å². The molecule has 0 bridgehead atoms. The van der Waals surface area contributed by atoms with Gasteiger partial charge in [0.1, 0.15) is 11.6 Å². The average molecular weight is 493 g/mol. The summed E-state index contributed by atoms with van der Waals surface area (Å²) in [6.45, 7) is 0.946. The molecule has 3 aromatic carbocycles. The molecule has 0 spiro atoms. The van der Waals surface area contributed by atoms with Crippen molar-refractivity contribution in [3.8, 4) is 0 Å². The summed E-state index contributed by atoms with van der Waals surface area (Å²) < 4.78 is 35.9. The van der Waals surface area contributed by atoms with Crippen LogP contribution in [0, 0.1) is 11.6 Å². The maximum absolute atomic E-state index is 13.7. The second-order valence-corrected chi connectivity index (χ2v) is 9.11. The van der Waals surface area contributed by atoms with E-state index in [9.17, 15) is 13.6 Å². The molecule has 0 unspecified atom stereocenters. The number of ether oxygens (including phenoxy) is 1. The van der Waals surface area contributed by atoms with Gasteiger partial charge in [0.25, 0.3) is 5.56 Å². The zero-order valence-corrected chi connectivity index (χ0v) is 19.7. The Morgan fingerprint density at radius 1 is 0.914 bits per heavy atom. The van der Waals surface area contributed by atoms with Crippen molar-refractivity contribution in [1.29, 1.82) is 0 Å². The van der Waals surface area contributed by atoms with Gasteiger partial charge < -0.3 is 4.74 Å². The third-order valence-electron chi connectivity index (χ3n) is 5.78. The number of para-hydroxylation sites is 1. The highest BCUT2D eigenvalue weighted by Gasteiger charge is 2.22. The van der Waals surface area contributed by atoms with E-state index in [0.717, 1.165) is 11.1 Å². The Kier molecular flexibility index (Phi) is 6.61. The van der Waals surface area contributed by atoms with Crippen LogP contribution in [0.25, 0.3) is 16.7 Å². The van der Waals surface area contributed by atoms with Crippen molar-refractivity contribution in [3.63, 3.8) is 0 Å². The van der Waals surface area contributed by atoms with Crippen LogP contribution in [0.5, 0.6) is 0 Å². The molecule has 6 nitrogen and oxygen atoms in total. The first-order valence-electron chi connectivity index (χ1n) is 11.1. The molecule has 0 saturated carbocycles. The first-order chi connectivity index (χ1) is 17.1. The first-order valence-corrected chi connectivity index (χ1v) is 12.0. The molecule has 178 valence electrons. The van der Waals surface area contributed by atoms with Crippen LogP contribution in [0.1, 0.15) is 22.8 Å². The Balaban J connectivity index is 1.67. The third-order valence-corrected chi connectivity index (χ3v) is 7.03. The molecule has 0 aliphatic carbocycles. The van der Waals surface area contributed by atoms with E-state index in [1.807, 2.05) is 22.6 Å². The van der Waals surface area contributed by atoms with Crippen molar-refractivity contribution >= 4 is 28.4 Å². The summed E-state index contributed by atoms with van der Waals surface area (Å²) in [4.78, 5) is 13.2. The number of hydrogen-bond donors (Lipinski definition) is 0. The predicted molar refractivity (Wildman–Crippen MR) is 132 cm³/mol. The Labute approximate surface area is 204 Å². The van der Waals surface area contributed by atoms with E-state index in [2.05, 4.69) is 10.2 Å². The zero-order chi connectivity index (χ0) is 24.4. The van der Waals surface area contributed by atoms with Crippen LogP contribution >= 0.6 is 11.8 Å². The summed E-state index contributed by atoms with van der Waals surface area (Å²) >= 11 is 1.40. The lowest BCUT2D eigenvalue weighted by atomic mass is 10.0. The van der Waals surface area contributed by atoms with E-state index >= 15 is 0 Å². The molecule has 0 fully saturated rings. The standard InChI is InChI=1S/C26H22F2N4O2S/c1-34-16-4-15-31-24(33)21-5-2-3-6-22(21)32-25(31)29-30-26(32)35-23(17-7-11-19(27)12-8-17)18-9-13-20(28)14-10-18/h2-3,5-14,23H,4,15-16H2,1H3. The Bertz CT molecular complexity index is 1490. The smallest absolute Gasteiger partial charge is 0.262 e. The highest BCUT2D eigenvalue weighted by molar-refractivity contribution is 7.99. The van der Waals surface area contributed by atoms with Gasteiger partial charge in [0.05, 0.1) is 16.2 Å². The molecule has 9 heteroatoms. The summed E-state index contributed by atoms with van der Waals surface area (Å²) in [6.07, 6.45) is 0.646. The van der Waals surface area contributed by atoms with Crippen LogP contribution < -0.4 is 5.56 Å². The lowest BCUT2D eigenvalue weighted by Crippen LogP contribution is -2.24. The maximum Gasteiger partial charge on any atom is 0.262 e. The molecule has 5 rings (SSSR count). The molecule has 0 N–H and O–H groups in total. The molecule has 0 amide bonds. The van der Waals surface area contributed by atoms with Gasteiger partial charge in [-0.25, -0.2) is 8.78 Å². The SMILES string of the molecule is COCCCn1c(=O)c2ccccc2n2c(SC(c3ccc(F)cc3)c3ccc(F)cc3)nnc12. The molecule has 0 aliphatic rings. The van der Waals surface area contributed by atoms with E-state index in [0.29, 0.717) is 41.4 Å². The van der Waals surface area contributed by atoms with Gasteiger partial charge in [-0.3, -0.25) is 13.8 Å². The van der Waals surface area contributed by atoms with Crippen molar-refractivity contribution in [2.45, 2.75) is 23.4 Å². The summed E-state index contributed by atoms with van der Waals surface area (Å²) in [6, 6.07) is 19.8. The average Bonchev–Trinajstić information content (AvgIpc) is 3.29. The lowest BCUT2D eigenvalue weighted by molar-refractivity contribution is 0.190. The van der Waals surface area contributed by atoms with Crippen LogP contribution in [0.4, 0.5) is 8.78 Å². The molecule has 35 heavy (non-hydrogen) atoms. The van der Waals surface area contributed by atoms with Crippen LogP contribution in [0.3, 0.4) is 0 Å². The molecule has 0 aliphatic heterocycles. The number of aromatic nitrogens is 4. The van der Waals surface area contributed by atoms with E-state index in [1.54, 1.807) is 42.0 Å². The van der Waals surface area contributed by atoms with Gasteiger partial charge in [0.15, 0.2) is 5.16 Å². The molecular formula is C26H22F2N4O2S. The molecule has 0 radical (unpaired) electrons. The summed E-state index contributed by atoms with van der Waals surface area (Å²) in [5, 5.41) is 9.62. The number of aryl methyl sites for hydroxylation is 1. The highest BCUT2D eigenvalue weighted by Crippen LogP contribution is 2.40. The quantitative estimate of drug-likeness (QED) is 0.219.